The lowest BCUT2D eigenvalue weighted by molar-refractivity contribution is -0.0910. The molecule has 142 valence electrons. The minimum atomic E-state index is -0.632. The molecule has 0 unspecified atom stereocenters. The van der Waals surface area contributed by atoms with E-state index in [0.717, 1.165) is 16.8 Å². The Morgan fingerprint density at radius 1 is 1.11 bits per heavy atom. The highest BCUT2D eigenvalue weighted by molar-refractivity contribution is 6.35. The normalized spacial score (nSPS) is 19.7. The average molecular weight is 407 g/mol. The van der Waals surface area contributed by atoms with Gasteiger partial charge in [-0.05, 0) is 44.2 Å². The first kappa shape index (κ1) is 18.3. The maximum absolute atomic E-state index is 6.40. The molecule has 0 saturated heterocycles. The molecule has 27 heavy (non-hydrogen) atoms. The molecule has 0 bridgehead atoms. The Kier molecular flexibility index (Phi) is 4.40. The van der Waals surface area contributed by atoms with Gasteiger partial charge in [-0.2, -0.15) is 5.10 Å². The summed E-state index contributed by atoms with van der Waals surface area (Å²) in [6, 6.07) is 9.43. The van der Waals surface area contributed by atoms with Crippen molar-refractivity contribution in [1.29, 1.82) is 0 Å². The van der Waals surface area contributed by atoms with Crippen LogP contribution in [0, 0.1) is 0 Å². The SMILES string of the molecule is COc1ccc(C2=NN3[C@@H](C2)c2cc(Cl)cc(Cl)c2OC3(C)C)cc1OC. The Labute approximate surface area is 168 Å². The molecule has 0 fully saturated rings. The minimum Gasteiger partial charge on any atom is -0.493 e. The highest BCUT2D eigenvalue weighted by Crippen LogP contribution is 2.50. The zero-order valence-electron chi connectivity index (χ0n) is 15.5. The molecule has 5 nitrogen and oxygen atoms in total. The highest BCUT2D eigenvalue weighted by atomic mass is 35.5. The first-order chi connectivity index (χ1) is 12.8. The van der Waals surface area contributed by atoms with Crippen LogP contribution in [0.15, 0.2) is 35.4 Å². The van der Waals surface area contributed by atoms with E-state index < -0.39 is 5.72 Å². The number of halogens is 2. The lowest BCUT2D eigenvalue weighted by atomic mass is 9.95. The number of ether oxygens (including phenoxy) is 3. The van der Waals surface area contributed by atoms with Gasteiger partial charge in [0, 0.05) is 22.6 Å². The molecule has 2 aromatic carbocycles. The third kappa shape index (κ3) is 2.99. The largest absolute Gasteiger partial charge is 0.493 e. The summed E-state index contributed by atoms with van der Waals surface area (Å²) in [5.74, 6) is 2.03. The van der Waals surface area contributed by atoms with E-state index in [-0.39, 0.29) is 6.04 Å². The minimum absolute atomic E-state index is 0.00282. The maximum Gasteiger partial charge on any atom is 0.192 e. The molecule has 2 aromatic rings. The molecule has 0 aliphatic carbocycles. The smallest absolute Gasteiger partial charge is 0.192 e. The lowest BCUT2D eigenvalue weighted by Gasteiger charge is -2.44. The van der Waals surface area contributed by atoms with Crippen LogP contribution in [0.3, 0.4) is 0 Å². The molecule has 0 amide bonds. The molecule has 1 atom stereocenters. The molecular weight excluding hydrogens is 387 g/mol. The topological polar surface area (TPSA) is 43.3 Å². The van der Waals surface area contributed by atoms with Gasteiger partial charge in [-0.15, -0.1) is 0 Å². The molecule has 0 radical (unpaired) electrons. The van der Waals surface area contributed by atoms with Gasteiger partial charge < -0.3 is 14.2 Å². The van der Waals surface area contributed by atoms with Gasteiger partial charge in [0.25, 0.3) is 0 Å². The molecule has 0 aromatic heterocycles. The van der Waals surface area contributed by atoms with Crippen molar-refractivity contribution in [3.8, 4) is 17.2 Å². The number of hydrogen-bond donors (Lipinski definition) is 0. The number of benzene rings is 2. The molecule has 4 rings (SSSR count). The number of fused-ring (bicyclic) bond motifs is 3. The zero-order valence-corrected chi connectivity index (χ0v) is 17.1. The van der Waals surface area contributed by atoms with E-state index in [1.54, 1.807) is 20.3 Å². The van der Waals surface area contributed by atoms with Crippen LogP contribution in [-0.2, 0) is 0 Å². The van der Waals surface area contributed by atoms with Crippen LogP contribution < -0.4 is 14.2 Å². The summed E-state index contributed by atoms with van der Waals surface area (Å²) in [4.78, 5) is 0. The molecule has 0 saturated carbocycles. The summed E-state index contributed by atoms with van der Waals surface area (Å²) in [5.41, 5.74) is 2.24. The fourth-order valence-electron chi connectivity index (χ4n) is 3.67. The lowest BCUT2D eigenvalue weighted by Crippen LogP contribution is -2.48. The molecule has 2 heterocycles. The van der Waals surface area contributed by atoms with Gasteiger partial charge in [0.05, 0.1) is 31.0 Å². The summed E-state index contributed by atoms with van der Waals surface area (Å²) < 4.78 is 16.9. The summed E-state index contributed by atoms with van der Waals surface area (Å²) >= 11 is 12.6. The van der Waals surface area contributed by atoms with E-state index >= 15 is 0 Å². The molecule has 2 aliphatic rings. The molecule has 0 spiro atoms. The third-order valence-electron chi connectivity index (χ3n) is 4.93. The van der Waals surface area contributed by atoms with Crippen molar-refractivity contribution < 1.29 is 14.2 Å². The van der Waals surface area contributed by atoms with Crippen LogP contribution in [0.1, 0.15) is 37.4 Å². The average Bonchev–Trinajstić information content (AvgIpc) is 3.09. The van der Waals surface area contributed by atoms with E-state index in [2.05, 4.69) is 0 Å². The molecular formula is C20H20Cl2N2O3. The van der Waals surface area contributed by atoms with E-state index in [1.165, 1.54) is 0 Å². The van der Waals surface area contributed by atoms with Crippen LogP contribution >= 0.6 is 23.2 Å². The van der Waals surface area contributed by atoms with Crippen molar-refractivity contribution in [1.82, 2.24) is 5.01 Å². The number of rotatable bonds is 3. The predicted octanol–water partition coefficient (Wildman–Crippen LogP) is 5.29. The van der Waals surface area contributed by atoms with Crippen molar-refractivity contribution in [2.24, 2.45) is 5.10 Å². The quantitative estimate of drug-likeness (QED) is 0.694. The van der Waals surface area contributed by atoms with Crippen LogP contribution in [0.4, 0.5) is 0 Å². The Balaban J connectivity index is 1.77. The molecule has 7 heteroatoms. The summed E-state index contributed by atoms with van der Waals surface area (Å²) in [6.45, 7) is 3.96. The number of nitrogens with zero attached hydrogens (tertiary/aromatic N) is 2. The maximum atomic E-state index is 6.40. The fraction of sp³-hybridized carbons (Fsp3) is 0.350. The zero-order chi connectivity index (χ0) is 19.3. The van der Waals surface area contributed by atoms with Gasteiger partial charge in [-0.1, -0.05) is 23.2 Å². The second-order valence-corrected chi connectivity index (χ2v) is 7.88. The second kappa shape index (κ2) is 6.50. The molecule has 2 aliphatic heterocycles. The Bertz CT molecular complexity index is 943. The van der Waals surface area contributed by atoms with Crippen LogP contribution in [0.2, 0.25) is 10.0 Å². The fourth-order valence-corrected chi connectivity index (χ4v) is 4.22. The van der Waals surface area contributed by atoms with Gasteiger partial charge in [0.2, 0.25) is 0 Å². The standard InChI is InChI=1S/C20H20Cl2N2O3/c1-20(2)24-16(13-8-12(21)9-14(22)19(13)27-20)10-15(23-24)11-5-6-17(25-3)18(7-11)26-4/h5-9,16H,10H2,1-4H3/t16-/m0/s1. The van der Waals surface area contributed by atoms with Gasteiger partial charge in [0.1, 0.15) is 5.75 Å². The van der Waals surface area contributed by atoms with Crippen LogP contribution in [0.25, 0.3) is 0 Å². The van der Waals surface area contributed by atoms with Crippen molar-refractivity contribution in [3.05, 3.63) is 51.5 Å². The highest BCUT2D eigenvalue weighted by Gasteiger charge is 2.45. The molecule has 0 N–H and O–H groups in total. The number of hydrogen-bond acceptors (Lipinski definition) is 5. The predicted molar refractivity (Wildman–Crippen MR) is 106 cm³/mol. The Morgan fingerprint density at radius 2 is 1.85 bits per heavy atom. The van der Waals surface area contributed by atoms with Crippen molar-refractivity contribution >= 4 is 28.9 Å². The van der Waals surface area contributed by atoms with E-state index in [1.807, 2.05) is 43.1 Å². The number of hydrazone groups is 1. The van der Waals surface area contributed by atoms with E-state index in [0.29, 0.717) is 33.7 Å². The summed E-state index contributed by atoms with van der Waals surface area (Å²) in [5, 5.41) is 7.95. The first-order valence-corrected chi connectivity index (χ1v) is 9.37. The monoisotopic (exact) mass is 406 g/mol. The van der Waals surface area contributed by atoms with E-state index in [9.17, 15) is 0 Å². The van der Waals surface area contributed by atoms with Gasteiger partial charge in [0.15, 0.2) is 17.2 Å². The third-order valence-corrected chi connectivity index (χ3v) is 5.43. The summed E-state index contributed by atoms with van der Waals surface area (Å²) in [7, 11) is 3.24. The Morgan fingerprint density at radius 3 is 2.56 bits per heavy atom. The van der Waals surface area contributed by atoms with Crippen molar-refractivity contribution in [2.45, 2.75) is 32.0 Å². The van der Waals surface area contributed by atoms with Crippen molar-refractivity contribution in [3.63, 3.8) is 0 Å². The summed E-state index contributed by atoms with van der Waals surface area (Å²) in [6.07, 6.45) is 0.714. The van der Waals surface area contributed by atoms with Crippen LogP contribution in [0.5, 0.6) is 17.2 Å². The van der Waals surface area contributed by atoms with E-state index in [4.69, 9.17) is 42.5 Å². The van der Waals surface area contributed by atoms with Crippen LogP contribution in [-0.4, -0.2) is 30.7 Å². The number of methoxy groups -OCH3 is 2. The van der Waals surface area contributed by atoms with Gasteiger partial charge in [-0.25, -0.2) is 5.01 Å². The van der Waals surface area contributed by atoms with Gasteiger partial charge in [-0.3, -0.25) is 0 Å². The second-order valence-electron chi connectivity index (χ2n) is 7.04. The first-order valence-electron chi connectivity index (χ1n) is 8.61. The van der Waals surface area contributed by atoms with Gasteiger partial charge >= 0.3 is 0 Å². The Hall–Kier alpha value is -2.11. The van der Waals surface area contributed by atoms with Crippen molar-refractivity contribution in [2.75, 3.05) is 14.2 Å².